The first kappa shape index (κ1) is 37.7. The molecule has 0 saturated carbocycles. The van der Waals surface area contributed by atoms with E-state index < -0.39 is 12.6 Å². The number of aliphatic hydroxyl groups is 2. The van der Waals surface area contributed by atoms with E-state index in [0.29, 0.717) is 34.6 Å². The van der Waals surface area contributed by atoms with Crippen LogP contribution >= 0.6 is 0 Å². The number of aliphatic hydroxyl groups excluding tert-OH is 2. The third-order valence-corrected chi connectivity index (χ3v) is 7.42. The summed E-state index contributed by atoms with van der Waals surface area (Å²) in [5.74, 6) is -0.465. The summed E-state index contributed by atoms with van der Waals surface area (Å²) in [6.07, 6.45) is 5.99. The molecule has 0 spiro atoms. The van der Waals surface area contributed by atoms with E-state index in [1.165, 1.54) is 6.42 Å². The quantitative estimate of drug-likeness (QED) is 0.0359. The van der Waals surface area contributed by atoms with E-state index in [1.54, 1.807) is 49.4 Å². The first-order valence-corrected chi connectivity index (χ1v) is 15.8. The van der Waals surface area contributed by atoms with Gasteiger partial charge in [0.05, 0.1) is 18.8 Å². The summed E-state index contributed by atoms with van der Waals surface area (Å²) in [4.78, 5) is 25.9. The van der Waals surface area contributed by atoms with Crippen LogP contribution in [-0.4, -0.2) is 34.7 Å². The van der Waals surface area contributed by atoms with Gasteiger partial charge in [0.2, 0.25) is 0 Å². The van der Waals surface area contributed by atoms with Gasteiger partial charge in [-0.25, -0.2) is 19.3 Å². The highest BCUT2D eigenvalue weighted by molar-refractivity contribution is 5.87. The van der Waals surface area contributed by atoms with Crippen LogP contribution in [0, 0.1) is 5.82 Å². The Hall–Kier alpha value is -4.80. The predicted molar refractivity (Wildman–Crippen MR) is 184 cm³/mol. The van der Waals surface area contributed by atoms with Gasteiger partial charge in [0.25, 0.3) is 0 Å². The van der Waals surface area contributed by atoms with E-state index in [0.717, 1.165) is 53.5 Å². The third-order valence-electron chi connectivity index (χ3n) is 7.42. The highest BCUT2D eigenvalue weighted by Crippen LogP contribution is 2.35. The molecule has 0 radical (unpaired) electrons. The maximum atomic E-state index is 16.1. The maximum Gasteiger partial charge on any atom is 0.383 e. The molecule has 0 aliphatic heterocycles. The SMILES string of the molecule is C=C(C)CO.C=C(CO)C(=O)OOc1ccc(-c2ccc(-c3ccc(-c4ccc(OOO)cc4)c(F)c3CCCCCCC)cc2)cc1. The van der Waals surface area contributed by atoms with Gasteiger partial charge in [0.15, 0.2) is 11.5 Å². The van der Waals surface area contributed by atoms with Gasteiger partial charge in [0.1, 0.15) is 5.82 Å². The summed E-state index contributed by atoms with van der Waals surface area (Å²) in [5.41, 5.74) is 6.21. The van der Waals surface area contributed by atoms with Crippen molar-refractivity contribution in [3.63, 3.8) is 0 Å². The molecule has 0 bridgehead atoms. The molecule has 4 rings (SSSR count). The fourth-order valence-corrected chi connectivity index (χ4v) is 4.75. The first-order valence-electron chi connectivity index (χ1n) is 15.8. The molecule has 0 aliphatic rings. The molecule has 3 N–H and O–H groups in total. The maximum absolute atomic E-state index is 16.1. The largest absolute Gasteiger partial charge is 0.392 e. The van der Waals surface area contributed by atoms with Crippen LogP contribution in [0.1, 0.15) is 51.5 Å². The molecule has 8 nitrogen and oxygen atoms in total. The standard InChI is InChI=1S/C35H35FO7.C4H8O/c1-3-4-5-6-7-8-33-31(21-22-32(34(33)36)28-15-19-30(20-16-28)41-43-39)27-11-9-25(10-12-27)26-13-17-29(18-14-26)40-42-35(38)24(2)23-37;1-4(2)3-5/h9-22,37,39H,2-8,23H2,1H3;5H,1,3H2,2H3. The van der Waals surface area contributed by atoms with Gasteiger partial charge >= 0.3 is 5.97 Å². The van der Waals surface area contributed by atoms with Gasteiger partial charge in [-0.1, -0.05) is 112 Å². The van der Waals surface area contributed by atoms with Crippen LogP contribution in [-0.2, 0) is 21.1 Å². The lowest BCUT2D eigenvalue weighted by molar-refractivity contribution is -0.438. The third kappa shape index (κ3) is 11.2. The van der Waals surface area contributed by atoms with Crippen molar-refractivity contribution < 1.29 is 44.4 Å². The molecule has 0 amide bonds. The lowest BCUT2D eigenvalue weighted by atomic mass is 9.90. The summed E-state index contributed by atoms with van der Waals surface area (Å²) in [5, 5.41) is 29.2. The molecule has 0 fully saturated rings. The molecule has 0 atom stereocenters. The number of hydrogen-bond acceptors (Lipinski definition) is 8. The molecule has 4 aromatic rings. The first-order chi connectivity index (χ1) is 23.2. The van der Waals surface area contributed by atoms with Crippen LogP contribution in [0.15, 0.2) is 109 Å². The predicted octanol–water partition coefficient (Wildman–Crippen LogP) is 9.06. The zero-order valence-corrected chi connectivity index (χ0v) is 27.4. The minimum absolute atomic E-state index is 0.107. The van der Waals surface area contributed by atoms with Gasteiger partial charge in [0, 0.05) is 5.56 Å². The molecular formula is C39H43FO8. The molecule has 0 heterocycles. The van der Waals surface area contributed by atoms with Crippen molar-refractivity contribution in [3.8, 4) is 44.9 Å². The summed E-state index contributed by atoms with van der Waals surface area (Å²) >= 11 is 0. The van der Waals surface area contributed by atoms with Gasteiger partial charge in [-0.3, -0.25) is 4.89 Å². The van der Waals surface area contributed by atoms with E-state index in [1.807, 2.05) is 42.5 Å². The van der Waals surface area contributed by atoms with E-state index >= 15 is 4.39 Å². The molecular weight excluding hydrogens is 615 g/mol. The van der Waals surface area contributed by atoms with E-state index in [9.17, 15) is 4.79 Å². The second kappa shape index (κ2) is 19.8. The van der Waals surface area contributed by atoms with Crippen LogP contribution in [0.5, 0.6) is 11.5 Å². The Balaban J connectivity index is 0.00000116. The van der Waals surface area contributed by atoms with Crippen molar-refractivity contribution in [2.75, 3.05) is 13.2 Å². The fraction of sp³-hybridized carbons (Fsp3) is 0.256. The average molecular weight is 659 g/mol. The number of carbonyl (C=O) groups is 1. The van der Waals surface area contributed by atoms with Crippen LogP contribution in [0.2, 0.25) is 0 Å². The lowest BCUT2D eigenvalue weighted by Gasteiger charge is -2.16. The van der Waals surface area contributed by atoms with Gasteiger partial charge in [-0.2, -0.15) is 0 Å². The fourth-order valence-electron chi connectivity index (χ4n) is 4.75. The van der Waals surface area contributed by atoms with Crippen LogP contribution in [0.25, 0.3) is 33.4 Å². The Morgan fingerprint density at radius 2 is 1.17 bits per heavy atom. The van der Waals surface area contributed by atoms with Gasteiger partial charge < -0.3 is 15.1 Å². The number of carbonyl (C=O) groups excluding carboxylic acids is 1. The van der Waals surface area contributed by atoms with Crippen LogP contribution in [0.3, 0.4) is 0 Å². The minimum Gasteiger partial charge on any atom is -0.392 e. The normalized spacial score (nSPS) is 10.5. The Labute approximate surface area is 281 Å². The number of hydrogen-bond donors (Lipinski definition) is 3. The summed E-state index contributed by atoms with van der Waals surface area (Å²) in [6.45, 7) is 10.4. The molecule has 0 aliphatic carbocycles. The molecule has 0 unspecified atom stereocenters. The topological polar surface area (TPSA) is 115 Å². The van der Waals surface area contributed by atoms with Crippen molar-refractivity contribution >= 4 is 5.97 Å². The lowest BCUT2D eigenvalue weighted by Crippen LogP contribution is -2.12. The monoisotopic (exact) mass is 658 g/mol. The van der Waals surface area contributed by atoms with Gasteiger partial charge in [-0.15, -0.1) is 0 Å². The molecule has 48 heavy (non-hydrogen) atoms. The van der Waals surface area contributed by atoms with E-state index in [4.69, 9.17) is 20.4 Å². The van der Waals surface area contributed by atoms with Gasteiger partial charge in [-0.05, 0) is 82.4 Å². The van der Waals surface area contributed by atoms with E-state index in [2.05, 4.69) is 34.9 Å². The van der Waals surface area contributed by atoms with Crippen molar-refractivity contribution in [1.29, 1.82) is 0 Å². The zero-order valence-electron chi connectivity index (χ0n) is 27.4. The number of halogens is 1. The molecule has 0 aromatic heterocycles. The second-order valence-electron chi connectivity index (χ2n) is 11.2. The van der Waals surface area contributed by atoms with Crippen LogP contribution < -0.4 is 9.78 Å². The van der Waals surface area contributed by atoms with Crippen LogP contribution in [0.4, 0.5) is 4.39 Å². The summed E-state index contributed by atoms with van der Waals surface area (Å²) in [7, 11) is 0. The zero-order chi connectivity index (χ0) is 34.9. The minimum atomic E-state index is -0.840. The molecule has 9 heteroatoms. The summed E-state index contributed by atoms with van der Waals surface area (Å²) < 4.78 is 16.1. The number of rotatable bonds is 16. The Morgan fingerprint density at radius 3 is 1.71 bits per heavy atom. The smallest absolute Gasteiger partial charge is 0.383 e. The van der Waals surface area contributed by atoms with Crippen molar-refractivity contribution in [2.45, 2.75) is 52.4 Å². The Morgan fingerprint density at radius 1 is 0.688 bits per heavy atom. The number of benzene rings is 4. The van der Waals surface area contributed by atoms with Crippen molar-refractivity contribution in [1.82, 2.24) is 0 Å². The van der Waals surface area contributed by atoms with E-state index in [-0.39, 0.29) is 18.0 Å². The van der Waals surface area contributed by atoms with Crippen molar-refractivity contribution in [2.24, 2.45) is 0 Å². The highest BCUT2D eigenvalue weighted by Gasteiger charge is 2.17. The molecule has 254 valence electrons. The summed E-state index contributed by atoms with van der Waals surface area (Å²) in [6, 6.07) is 25.3. The molecule has 4 aromatic carbocycles. The Bertz CT molecular complexity index is 1610. The molecule has 0 saturated heterocycles. The Kier molecular flexibility index (Phi) is 15.5. The number of unbranched alkanes of at least 4 members (excludes halogenated alkanes) is 4. The van der Waals surface area contributed by atoms with Crippen molar-refractivity contribution in [3.05, 3.63) is 121 Å². The average Bonchev–Trinajstić information content (AvgIpc) is 3.11. The second-order valence-corrected chi connectivity index (χ2v) is 11.2. The highest BCUT2D eigenvalue weighted by atomic mass is 19.1.